The summed E-state index contributed by atoms with van der Waals surface area (Å²) < 4.78 is 11.8. The molecule has 0 amide bonds. The summed E-state index contributed by atoms with van der Waals surface area (Å²) in [5.41, 5.74) is 3.15. The van der Waals surface area contributed by atoms with Crippen LogP contribution in [0.4, 0.5) is 11.4 Å². The van der Waals surface area contributed by atoms with Gasteiger partial charge < -0.3 is 14.4 Å². The fraction of sp³-hybridized carbons (Fsp3) is 0.182. The Morgan fingerprint density at radius 3 is 2.20 bits per heavy atom. The third kappa shape index (κ3) is 3.94. The third-order valence-corrected chi connectivity index (χ3v) is 4.09. The largest absolute Gasteiger partial charge is 0.492 e. The Kier molecular flexibility index (Phi) is 5.24. The van der Waals surface area contributed by atoms with Gasteiger partial charge in [0.05, 0.1) is 17.9 Å². The average molecular weight is 333 g/mol. The van der Waals surface area contributed by atoms with Crippen LogP contribution < -0.4 is 9.64 Å². The first kappa shape index (κ1) is 16.9. The lowest BCUT2D eigenvalue weighted by Crippen LogP contribution is -2.25. The van der Waals surface area contributed by atoms with Crippen LogP contribution in [-0.4, -0.2) is 13.2 Å². The second-order valence-corrected chi connectivity index (χ2v) is 5.85. The molecule has 0 saturated heterocycles. The van der Waals surface area contributed by atoms with Gasteiger partial charge in [-0.15, -0.1) is 0 Å². The molecule has 3 rings (SSSR count). The van der Waals surface area contributed by atoms with Gasteiger partial charge in [0.2, 0.25) is 0 Å². The number of ether oxygens (including phenoxy) is 2. The molecule has 0 N–H and O–H groups in total. The van der Waals surface area contributed by atoms with Crippen molar-refractivity contribution in [3.8, 4) is 11.5 Å². The summed E-state index contributed by atoms with van der Waals surface area (Å²) in [7, 11) is 0. The highest BCUT2D eigenvalue weighted by atomic mass is 16.5. The minimum Gasteiger partial charge on any atom is -0.492 e. The Bertz CT molecular complexity index is 762. The lowest BCUT2D eigenvalue weighted by atomic mass is 10.1. The summed E-state index contributed by atoms with van der Waals surface area (Å²) in [5, 5.41) is 0. The highest BCUT2D eigenvalue weighted by molar-refractivity contribution is 5.77. The first-order chi connectivity index (χ1) is 12.2. The summed E-state index contributed by atoms with van der Waals surface area (Å²) in [6, 6.07) is 16.1. The van der Waals surface area contributed by atoms with Gasteiger partial charge in [-0.2, -0.15) is 0 Å². The number of rotatable bonds is 7. The van der Waals surface area contributed by atoms with E-state index in [0.29, 0.717) is 18.9 Å². The van der Waals surface area contributed by atoms with E-state index >= 15 is 0 Å². The second kappa shape index (κ2) is 7.75. The van der Waals surface area contributed by atoms with Crippen LogP contribution in [0.15, 0.2) is 85.2 Å². The van der Waals surface area contributed by atoms with Crippen molar-refractivity contribution in [3.05, 3.63) is 85.2 Å². The summed E-state index contributed by atoms with van der Waals surface area (Å²) >= 11 is 0. The minimum absolute atomic E-state index is 0.532. The molecule has 0 fully saturated rings. The number of nitrogens with zero attached hydrogens (tertiary/aromatic N) is 1. The zero-order chi connectivity index (χ0) is 17.6. The predicted molar refractivity (Wildman–Crippen MR) is 104 cm³/mol. The number of benzene rings is 2. The molecule has 128 valence electrons. The standard InChI is InChI=1S/C22H23NO2/c1-4-17(2)13-14-18(3)24-16-15-23-19-9-5-7-11-21(19)25-22-12-8-6-10-20(22)23/h5-14H,2-4,15-16H2,1H3/b14-13-. The van der Waals surface area contributed by atoms with Crippen LogP contribution in [0.2, 0.25) is 0 Å². The zero-order valence-electron chi connectivity index (χ0n) is 14.6. The van der Waals surface area contributed by atoms with Crippen molar-refractivity contribution in [2.24, 2.45) is 0 Å². The molecule has 0 spiro atoms. The van der Waals surface area contributed by atoms with E-state index in [9.17, 15) is 0 Å². The molecule has 1 aliphatic heterocycles. The second-order valence-electron chi connectivity index (χ2n) is 5.85. The van der Waals surface area contributed by atoms with Crippen LogP contribution in [0, 0.1) is 0 Å². The number of allylic oxidation sites excluding steroid dienone is 3. The number of anilines is 2. The molecule has 0 unspecified atom stereocenters. The van der Waals surface area contributed by atoms with E-state index in [-0.39, 0.29) is 0 Å². The van der Waals surface area contributed by atoms with Crippen molar-refractivity contribution in [1.82, 2.24) is 0 Å². The average Bonchev–Trinajstić information content (AvgIpc) is 2.65. The smallest absolute Gasteiger partial charge is 0.151 e. The van der Waals surface area contributed by atoms with E-state index in [1.807, 2.05) is 48.6 Å². The molecule has 3 nitrogen and oxygen atoms in total. The van der Waals surface area contributed by atoms with Gasteiger partial charge >= 0.3 is 0 Å². The van der Waals surface area contributed by atoms with Crippen molar-refractivity contribution >= 4 is 11.4 Å². The molecular weight excluding hydrogens is 310 g/mol. The Balaban J connectivity index is 1.69. The van der Waals surface area contributed by atoms with Crippen LogP contribution in [0.3, 0.4) is 0 Å². The van der Waals surface area contributed by atoms with E-state index in [4.69, 9.17) is 9.47 Å². The van der Waals surface area contributed by atoms with Crippen molar-refractivity contribution < 1.29 is 9.47 Å². The molecule has 0 saturated carbocycles. The maximum Gasteiger partial charge on any atom is 0.151 e. The summed E-state index contributed by atoms with van der Waals surface area (Å²) in [5.74, 6) is 2.36. The van der Waals surface area contributed by atoms with Crippen molar-refractivity contribution in [2.75, 3.05) is 18.1 Å². The van der Waals surface area contributed by atoms with Gasteiger partial charge in [0.1, 0.15) is 12.4 Å². The minimum atomic E-state index is 0.532. The number of hydrogen-bond donors (Lipinski definition) is 0. The van der Waals surface area contributed by atoms with Crippen molar-refractivity contribution in [3.63, 3.8) is 0 Å². The monoisotopic (exact) mass is 333 g/mol. The van der Waals surface area contributed by atoms with E-state index in [2.05, 4.69) is 37.1 Å². The number of fused-ring (bicyclic) bond motifs is 2. The van der Waals surface area contributed by atoms with E-state index in [1.54, 1.807) is 0 Å². The molecule has 0 aliphatic carbocycles. The normalized spacial score (nSPS) is 12.3. The van der Waals surface area contributed by atoms with Crippen LogP contribution in [0.1, 0.15) is 13.3 Å². The van der Waals surface area contributed by atoms with Gasteiger partial charge in [0.15, 0.2) is 11.5 Å². The molecule has 3 heteroatoms. The van der Waals surface area contributed by atoms with Gasteiger partial charge in [-0.25, -0.2) is 0 Å². The predicted octanol–water partition coefficient (Wildman–Crippen LogP) is 5.98. The lowest BCUT2D eigenvalue weighted by molar-refractivity contribution is 0.234. The SMILES string of the molecule is C=C(/C=C\C(=C)OCCN1c2ccccc2Oc2ccccc21)CC. The summed E-state index contributed by atoms with van der Waals surface area (Å²) in [6.07, 6.45) is 4.74. The summed E-state index contributed by atoms with van der Waals surface area (Å²) in [6.45, 7) is 11.2. The Morgan fingerprint density at radius 2 is 1.60 bits per heavy atom. The Morgan fingerprint density at radius 1 is 1.00 bits per heavy atom. The fourth-order valence-corrected chi connectivity index (χ4v) is 2.67. The van der Waals surface area contributed by atoms with Gasteiger partial charge in [-0.1, -0.05) is 56.0 Å². The lowest BCUT2D eigenvalue weighted by Gasteiger charge is -2.32. The first-order valence-electron chi connectivity index (χ1n) is 8.50. The molecular formula is C22H23NO2. The van der Waals surface area contributed by atoms with E-state index in [1.165, 1.54) is 0 Å². The van der Waals surface area contributed by atoms with Gasteiger partial charge in [-0.3, -0.25) is 0 Å². The molecule has 0 radical (unpaired) electrons. The van der Waals surface area contributed by atoms with Crippen LogP contribution in [0.25, 0.3) is 0 Å². The maximum absolute atomic E-state index is 5.99. The molecule has 25 heavy (non-hydrogen) atoms. The fourth-order valence-electron chi connectivity index (χ4n) is 2.67. The first-order valence-corrected chi connectivity index (χ1v) is 8.50. The van der Waals surface area contributed by atoms with Gasteiger partial charge in [0.25, 0.3) is 0 Å². The molecule has 2 aromatic carbocycles. The summed E-state index contributed by atoms with van der Waals surface area (Å²) in [4.78, 5) is 2.22. The Hall–Kier alpha value is -2.94. The highest BCUT2D eigenvalue weighted by Crippen LogP contribution is 2.45. The highest BCUT2D eigenvalue weighted by Gasteiger charge is 2.23. The van der Waals surface area contributed by atoms with Crippen LogP contribution in [0.5, 0.6) is 11.5 Å². The third-order valence-electron chi connectivity index (χ3n) is 4.09. The Labute approximate surface area is 149 Å². The van der Waals surface area contributed by atoms with Gasteiger partial charge in [0, 0.05) is 0 Å². The molecule has 0 bridgehead atoms. The van der Waals surface area contributed by atoms with Gasteiger partial charge in [-0.05, 0) is 36.8 Å². The molecule has 0 aromatic heterocycles. The topological polar surface area (TPSA) is 21.7 Å². The molecule has 2 aromatic rings. The molecule has 1 heterocycles. The van der Waals surface area contributed by atoms with Crippen LogP contribution in [-0.2, 0) is 4.74 Å². The number of para-hydroxylation sites is 4. The number of hydrogen-bond acceptors (Lipinski definition) is 3. The van der Waals surface area contributed by atoms with E-state index < -0.39 is 0 Å². The van der Waals surface area contributed by atoms with Crippen molar-refractivity contribution in [2.45, 2.75) is 13.3 Å². The van der Waals surface area contributed by atoms with E-state index in [0.717, 1.165) is 34.9 Å². The van der Waals surface area contributed by atoms with Crippen LogP contribution >= 0.6 is 0 Å². The molecule has 1 aliphatic rings. The molecule has 0 atom stereocenters. The zero-order valence-corrected chi connectivity index (χ0v) is 14.6. The quantitative estimate of drug-likeness (QED) is 0.459. The van der Waals surface area contributed by atoms with Crippen molar-refractivity contribution in [1.29, 1.82) is 0 Å². The maximum atomic E-state index is 5.99.